The van der Waals surface area contributed by atoms with Crippen LogP contribution in [0, 0.1) is 0 Å². The van der Waals surface area contributed by atoms with E-state index in [4.69, 9.17) is 37.9 Å². The number of carbonyl (C=O) groups is 2. The summed E-state index contributed by atoms with van der Waals surface area (Å²) in [7, 11) is 0. The van der Waals surface area contributed by atoms with E-state index in [2.05, 4.69) is 5.32 Å². The van der Waals surface area contributed by atoms with E-state index in [0.717, 1.165) is 33.4 Å². The average molecular weight is 1050 g/mol. The Hall–Kier alpha value is -6.42. The summed E-state index contributed by atoms with van der Waals surface area (Å²) in [6, 6.07) is 57.2. The molecule has 0 bridgehead atoms. The predicted octanol–water partition coefficient (Wildman–Crippen LogP) is 11.3. The van der Waals surface area contributed by atoms with Crippen LogP contribution in [0.4, 0.5) is 9.59 Å². The highest BCUT2D eigenvalue weighted by Crippen LogP contribution is 2.36. The molecule has 2 amide bonds. The summed E-state index contributed by atoms with van der Waals surface area (Å²) < 4.78 is 53.6. The molecule has 408 valence electrons. The molecular formula is C64H77N3O10. The lowest BCUT2D eigenvalue weighted by Crippen LogP contribution is -2.54. The fourth-order valence-electron chi connectivity index (χ4n) is 9.96. The number of carbonyl (C=O) groups excluding carboxylic acids is 2. The van der Waals surface area contributed by atoms with Gasteiger partial charge in [0.15, 0.2) is 0 Å². The van der Waals surface area contributed by atoms with Crippen molar-refractivity contribution in [3.63, 3.8) is 0 Å². The fraction of sp³-hybridized carbons (Fsp3) is 0.406. The van der Waals surface area contributed by atoms with Gasteiger partial charge in [-0.3, -0.25) is 9.80 Å². The Morgan fingerprint density at radius 3 is 0.844 bits per heavy atom. The van der Waals surface area contributed by atoms with Crippen LogP contribution in [-0.2, 0) is 77.5 Å². The van der Waals surface area contributed by atoms with Crippen LogP contribution >= 0.6 is 0 Å². The number of amides is 2. The molecule has 0 aliphatic carbocycles. The Morgan fingerprint density at radius 1 is 0.364 bits per heavy atom. The van der Waals surface area contributed by atoms with Gasteiger partial charge < -0.3 is 43.2 Å². The number of rotatable bonds is 24. The van der Waals surface area contributed by atoms with Gasteiger partial charge in [0.25, 0.3) is 0 Å². The first-order chi connectivity index (χ1) is 37.3. The largest absolute Gasteiger partial charge is 0.444 e. The van der Waals surface area contributed by atoms with Crippen LogP contribution in [0.15, 0.2) is 182 Å². The van der Waals surface area contributed by atoms with Crippen molar-refractivity contribution in [1.82, 2.24) is 15.1 Å². The summed E-state index contributed by atoms with van der Waals surface area (Å²) >= 11 is 0. The van der Waals surface area contributed by atoms with Crippen molar-refractivity contribution < 1.29 is 47.5 Å². The standard InChI is InChI=1S/C64H77N3O10/c1-63(2,3)76-61(68)66-53(57(72-41-49-29-17-9-18-30-49)59(74-43-51-33-21-11-22-34-51)55(66)45-70-39-47-25-13-7-14-26-47)37-65-38-54-58(73-42-50-31-19-10-20-32-50)60(75-44-52-35-23-12-24-36-52)56(67(54)62(69)77-64(4,5)6)46-71-40-48-27-15-8-16-28-48/h7-36,53-60,65H,37-46H2,1-6H3/t53-,54-,55-,56-,57-,58-,59-,60-/m1/s1. The summed E-state index contributed by atoms with van der Waals surface area (Å²) in [6.07, 6.45) is -3.74. The summed E-state index contributed by atoms with van der Waals surface area (Å²) in [6.45, 7) is 13.5. The van der Waals surface area contributed by atoms with Crippen LogP contribution in [0.3, 0.4) is 0 Å². The van der Waals surface area contributed by atoms with E-state index in [0.29, 0.717) is 13.2 Å². The Kier molecular flexibility index (Phi) is 20.5. The van der Waals surface area contributed by atoms with Gasteiger partial charge in [0.1, 0.15) is 35.6 Å². The van der Waals surface area contributed by atoms with E-state index in [-0.39, 0.29) is 52.7 Å². The minimum Gasteiger partial charge on any atom is -0.444 e. The molecule has 0 spiro atoms. The van der Waals surface area contributed by atoms with Gasteiger partial charge in [-0.1, -0.05) is 182 Å². The van der Waals surface area contributed by atoms with E-state index in [1.165, 1.54) is 0 Å². The normalized spacial score (nSPS) is 21.5. The molecule has 0 saturated carbocycles. The number of likely N-dealkylation sites (tertiary alicyclic amines) is 2. The van der Waals surface area contributed by atoms with Crippen molar-refractivity contribution in [3.05, 3.63) is 215 Å². The van der Waals surface area contributed by atoms with E-state index in [9.17, 15) is 9.59 Å². The minimum atomic E-state index is -0.832. The first-order valence-electron chi connectivity index (χ1n) is 26.9. The summed E-state index contributed by atoms with van der Waals surface area (Å²) in [5, 5.41) is 3.76. The molecule has 2 saturated heterocycles. The van der Waals surface area contributed by atoms with E-state index in [1.807, 2.05) is 224 Å². The quantitative estimate of drug-likeness (QED) is 0.0622. The molecule has 2 aliphatic rings. The van der Waals surface area contributed by atoms with Crippen molar-refractivity contribution in [2.45, 2.75) is 141 Å². The molecule has 13 heteroatoms. The lowest BCUT2D eigenvalue weighted by molar-refractivity contribution is -0.0876. The van der Waals surface area contributed by atoms with Gasteiger partial charge in [-0.05, 0) is 74.9 Å². The smallest absolute Gasteiger partial charge is 0.411 e. The molecule has 2 fully saturated rings. The second-order valence-electron chi connectivity index (χ2n) is 21.7. The molecule has 13 nitrogen and oxygen atoms in total. The second kappa shape index (κ2) is 27.8. The zero-order valence-electron chi connectivity index (χ0n) is 45.5. The van der Waals surface area contributed by atoms with Crippen LogP contribution in [0.25, 0.3) is 0 Å². The number of nitrogens with zero attached hydrogens (tertiary/aromatic N) is 2. The topological polar surface area (TPSA) is 126 Å². The van der Waals surface area contributed by atoms with Gasteiger partial charge in [0.2, 0.25) is 0 Å². The lowest BCUT2D eigenvalue weighted by Gasteiger charge is -2.35. The molecule has 0 aromatic heterocycles. The summed E-state index contributed by atoms with van der Waals surface area (Å²) in [5.74, 6) is 0. The number of nitrogens with one attached hydrogen (secondary N) is 1. The molecule has 1 N–H and O–H groups in total. The summed E-state index contributed by atoms with van der Waals surface area (Å²) in [5.41, 5.74) is 4.20. The average Bonchev–Trinajstić information content (AvgIpc) is 3.92. The van der Waals surface area contributed by atoms with Gasteiger partial charge in [-0.15, -0.1) is 0 Å². The number of benzene rings is 6. The first kappa shape index (κ1) is 56.8. The number of ether oxygens (including phenoxy) is 8. The first-order valence-corrected chi connectivity index (χ1v) is 26.9. The van der Waals surface area contributed by atoms with Crippen molar-refractivity contribution in [1.29, 1.82) is 0 Å². The zero-order chi connectivity index (χ0) is 54.0. The van der Waals surface area contributed by atoms with Crippen LogP contribution in [-0.4, -0.2) is 108 Å². The van der Waals surface area contributed by atoms with E-state index in [1.54, 1.807) is 9.80 Å². The molecule has 2 heterocycles. The van der Waals surface area contributed by atoms with Crippen molar-refractivity contribution in [3.8, 4) is 0 Å². The highest BCUT2D eigenvalue weighted by Gasteiger charge is 2.56. The van der Waals surface area contributed by atoms with Crippen LogP contribution < -0.4 is 5.32 Å². The minimum absolute atomic E-state index is 0.130. The Balaban J connectivity index is 1.16. The lowest BCUT2D eigenvalue weighted by atomic mass is 10.1. The molecular weight excluding hydrogens is 971 g/mol. The monoisotopic (exact) mass is 1050 g/mol. The molecule has 6 aromatic carbocycles. The highest BCUT2D eigenvalue weighted by molar-refractivity contribution is 5.71. The molecule has 77 heavy (non-hydrogen) atoms. The SMILES string of the molecule is CC(C)(C)OC(=O)N1[C@H](CNC[C@@H]2[C@@H](OCc3ccccc3)[C@H](OCc3ccccc3)[C@@H](COCc3ccccc3)N2C(=O)OC(C)(C)C)[C@@H](OCc2ccccc2)[C@H](OCc2ccccc2)[C@H]1COCc1ccccc1. The third-order valence-electron chi connectivity index (χ3n) is 13.5. The van der Waals surface area contributed by atoms with Crippen molar-refractivity contribution >= 4 is 12.2 Å². The van der Waals surface area contributed by atoms with E-state index < -0.39 is 72.0 Å². The zero-order valence-corrected chi connectivity index (χ0v) is 45.5. The molecule has 0 radical (unpaired) electrons. The highest BCUT2D eigenvalue weighted by atomic mass is 16.6. The van der Waals surface area contributed by atoms with Gasteiger partial charge in [-0.2, -0.15) is 0 Å². The van der Waals surface area contributed by atoms with Crippen molar-refractivity contribution in [2.24, 2.45) is 0 Å². The maximum absolute atomic E-state index is 15.0. The number of hydrogen-bond acceptors (Lipinski definition) is 11. The Bertz CT molecular complexity index is 2470. The summed E-state index contributed by atoms with van der Waals surface area (Å²) in [4.78, 5) is 33.5. The Morgan fingerprint density at radius 2 is 0.597 bits per heavy atom. The van der Waals surface area contributed by atoms with Crippen LogP contribution in [0.5, 0.6) is 0 Å². The van der Waals surface area contributed by atoms with Gasteiger partial charge in [0, 0.05) is 13.1 Å². The van der Waals surface area contributed by atoms with Gasteiger partial charge in [0.05, 0.1) is 77.0 Å². The molecule has 0 unspecified atom stereocenters. The third-order valence-corrected chi connectivity index (χ3v) is 13.5. The number of hydrogen-bond donors (Lipinski definition) is 1. The van der Waals surface area contributed by atoms with Crippen LogP contribution in [0.2, 0.25) is 0 Å². The molecule has 8 rings (SSSR count). The fourth-order valence-corrected chi connectivity index (χ4v) is 9.96. The Labute approximate surface area is 455 Å². The molecule has 6 aromatic rings. The maximum Gasteiger partial charge on any atom is 0.411 e. The predicted molar refractivity (Wildman–Crippen MR) is 296 cm³/mol. The van der Waals surface area contributed by atoms with Gasteiger partial charge >= 0.3 is 12.2 Å². The van der Waals surface area contributed by atoms with Crippen LogP contribution in [0.1, 0.15) is 74.9 Å². The molecule has 8 atom stereocenters. The second-order valence-corrected chi connectivity index (χ2v) is 21.7. The maximum atomic E-state index is 15.0. The van der Waals surface area contributed by atoms with Gasteiger partial charge in [-0.25, -0.2) is 9.59 Å². The third kappa shape index (κ3) is 16.8. The van der Waals surface area contributed by atoms with E-state index >= 15 is 0 Å². The van der Waals surface area contributed by atoms with Crippen molar-refractivity contribution in [2.75, 3.05) is 26.3 Å². The molecule has 2 aliphatic heterocycles.